The van der Waals surface area contributed by atoms with Crippen LogP contribution in [0, 0.1) is 5.41 Å². The third-order valence-corrected chi connectivity index (χ3v) is 4.10. The number of nitrogens with one attached hydrogen (secondary N) is 1. The quantitative estimate of drug-likeness (QED) is 0.766. The summed E-state index contributed by atoms with van der Waals surface area (Å²) < 4.78 is 0. The maximum Gasteiger partial charge on any atom is 0.221 e. The molecule has 1 rings (SSSR count). The van der Waals surface area contributed by atoms with Gasteiger partial charge in [-0.15, -0.1) is 0 Å². The minimum atomic E-state index is -0.328. The van der Waals surface area contributed by atoms with Crippen LogP contribution in [0.25, 0.3) is 0 Å². The molecule has 0 radical (unpaired) electrons. The number of benzene rings is 1. The fourth-order valence-corrected chi connectivity index (χ4v) is 2.82. The second-order valence-corrected chi connectivity index (χ2v) is 7.31. The predicted molar refractivity (Wildman–Crippen MR) is 90.3 cm³/mol. The number of hydrogen-bond donors (Lipinski definition) is 1. The number of carbonyl (C=O) groups excluding carboxylic acids is 1. The Balaban J connectivity index is 2.72. The van der Waals surface area contributed by atoms with Gasteiger partial charge in [-0.2, -0.15) is 0 Å². The van der Waals surface area contributed by atoms with E-state index in [0.717, 1.165) is 24.8 Å². The molecule has 0 heterocycles. The fraction of sp³-hybridized carbons (Fsp3) is 0.632. The highest BCUT2D eigenvalue weighted by molar-refractivity contribution is 5.77. The van der Waals surface area contributed by atoms with E-state index in [1.54, 1.807) is 0 Å². The molecule has 0 bridgehead atoms. The highest BCUT2D eigenvalue weighted by Gasteiger charge is 2.26. The average Bonchev–Trinajstić information content (AvgIpc) is 2.37. The molecule has 1 N–H and O–H groups in total. The SMILES string of the molecule is CCCC(C)(C)CC(=O)NC(C)(C)c1ccc(CC)cc1. The Bertz CT molecular complexity index is 457. The first-order chi connectivity index (χ1) is 9.70. The average molecular weight is 289 g/mol. The number of aryl methyl sites for hydroxylation is 1. The molecule has 118 valence electrons. The summed E-state index contributed by atoms with van der Waals surface area (Å²) in [7, 11) is 0. The van der Waals surface area contributed by atoms with Crippen molar-refractivity contribution >= 4 is 5.91 Å². The summed E-state index contributed by atoms with van der Waals surface area (Å²) in [5.74, 6) is 0.137. The van der Waals surface area contributed by atoms with Gasteiger partial charge in [0, 0.05) is 6.42 Å². The third-order valence-electron chi connectivity index (χ3n) is 4.10. The Hall–Kier alpha value is -1.31. The molecule has 1 aromatic carbocycles. The maximum atomic E-state index is 12.3. The number of carbonyl (C=O) groups is 1. The number of hydrogen-bond acceptors (Lipinski definition) is 1. The van der Waals surface area contributed by atoms with E-state index in [4.69, 9.17) is 0 Å². The van der Waals surface area contributed by atoms with Gasteiger partial charge in [-0.25, -0.2) is 0 Å². The van der Waals surface area contributed by atoms with Gasteiger partial charge in [0.2, 0.25) is 5.91 Å². The minimum Gasteiger partial charge on any atom is -0.347 e. The molecule has 2 heteroatoms. The summed E-state index contributed by atoms with van der Waals surface area (Å²) in [6.07, 6.45) is 3.81. The topological polar surface area (TPSA) is 29.1 Å². The molecule has 0 fully saturated rings. The van der Waals surface area contributed by atoms with E-state index >= 15 is 0 Å². The van der Waals surface area contributed by atoms with Gasteiger partial charge >= 0.3 is 0 Å². The van der Waals surface area contributed by atoms with Gasteiger partial charge < -0.3 is 5.32 Å². The highest BCUT2D eigenvalue weighted by Crippen LogP contribution is 2.28. The molecular weight excluding hydrogens is 258 g/mol. The Morgan fingerprint density at radius 2 is 1.62 bits per heavy atom. The summed E-state index contributed by atoms with van der Waals surface area (Å²) in [5, 5.41) is 3.19. The van der Waals surface area contributed by atoms with Crippen molar-refractivity contribution in [1.82, 2.24) is 5.32 Å². The first-order valence-corrected chi connectivity index (χ1v) is 8.10. The standard InChI is InChI=1S/C19H31NO/c1-7-13-18(3,4)14-17(21)20-19(5,6)16-11-9-15(8-2)10-12-16/h9-12H,7-8,13-14H2,1-6H3,(H,20,21). The Morgan fingerprint density at radius 3 is 2.10 bits per heavy atom. The normalized spacial score (nSPS) is 12.3. The highest BCUT2D eigenvalue weighted by atomic mass is 16.1. The molecule has 0 unspecified atom stereocenters. The van der Waals surface area contributed by atoms with Crippen molar-refractivity contribution < 1.29 is 4.79 Å². The van der Waals surface area contributed by atoms with Gasteiger partial charge in [-0.3, -0.25) is 4.79 Å². The van der Waals surface area contributed by atoms with E-state index in [9.17, 15) is 4.79 Å². The summed E-state index contributed by atoms with van der Waals surface area (Å²) in [5.41, 5.74) is 2.22. The van der Waals surface area contributed by atoms with Crippen LogP contribution in [0.15, 0.2) is 24.3 Å². The lowest BCUT2D eigenvalue weighted by atomic mass is 9.83. The lowest BCUT2D eigenvalue weighted by Crippen LogP contribution is -2.42. The molecule has 0 aliphatic rings. The van der Waals surface area contributed by atoms with E-state index in [-0.39, 0.29) is 16.9 Å². The molecule has 0 aliphatic heterocycles. The Morgan fingerprint density at radius 1 is 1.05 bits per heavy atom. The largest absolute Gasteiger partial charge is 0.347 e. The predicted octanol–water partition coefficient (Wildman–Crippen LogP) is 4.82. The summed E-state index contributed by atoms with van der Waals surface area (Å²) in [4.78, 5) is 12.3. The van der Waals surface area contributed by atoms with Gasteiger partial charge in [0.15, 0.2) is 0 Å². The summed E-state index contributed by atoms with van der Waals surface area (Å²) >= 11 is 0. The fourth-order valence-electron chi connectivity index (χ4n) is 2.82. The van der Waals surface area contributed by atoms with E-state index < -0.39 is 0 Å². The van der Waals surface area contributed by atoms with E-state index in [1.807, 2.05) is 0 Å². The van der Waals surface area contributed by atoms with Gasteiger partial charge in [0.05, 0.1) is 5.54 Å². The molecule has 0 saturated carbocycles. The Kier molecular flexibility index (Phi) is 6.00. The lowest BCUT2D eigenvalue weighted by molar-refractivity contribution is -0.124. The minimum absolute atomic E-state index is 0.0704. The third kappa shape index (κ3) is 5.53. The van der Waals surface area contributed by atoms with Crippen molar-refractivity contribution in [3.63, 3.8) is 0 Å². The van der Waals surface area contributed by atoms with E-state index in [1.165, 1.54) is 5.56 Å². The molecule has 1 aromatic rings. The first kappa shape index (κ1) is 17.7. The van der Waals surface area contributed by atoms with Crippen LogP contribution in [0.5, 0.6) is 0 Å². The van der Waals surface area contributed by atoms with Crippen LogP contribution in [-0.2, 0) is 16.8 Å². The molecule has 1 amide bonds. The zero-order valence-corrected chi connectivity index (χ0v) is 14.5. The van der Waals surface area contributed by atoms with Gasteiger partial charge in [0.25, 0.3) is 0 Å². The lowest BCUT2D eigenvalue weighted by Gasteiger charge is -2.30. The second-order valence-electron chi connectivity index (χ2n) is 7.31. The van der Waals surface area contributed by atoms with Crippen LogP contribution >= 0.6 is 0 Å². The van der Waals surface area contributed by atoms with Gasteiger partial charge in [0.1, 0.15) is 0 Å². The van der Waals surface area contributed by atoms with Crippen LogP contribution in [0.4, 0.5) is 0 Å². The molecule has 0 saturated heterocycles. The van der Waals surface area contributed by atoms with Crippen molar-refractivity contribution in [1.29, 1.82) is 0 Å². The van der Waals surface area contributed by atoms with Gasteiger partial charge in [-0.1, -0.05) is 58.4 Å². The zero-order valence-electron chi connectivity index (χ0n) is 14.5. The van der Waals surface area contributed by atoms with Crippen LogP contribution in [-0.4, -0.2) is 5.91 Å². The van der Waals surface area contributed by atoms with E-state index in [0.29, 0.717) is 6.42 Å². The van der Waals surface area contributed by atoms with Crippen LogP contribution in [0.2, 0.25) is 0 Å². The van der Waals surface area contributed by atoms with Crippen molar-refractivity contribution in [2.24, 2.45) is 5.41 Å². The van der Waals surface area contributed by atoms with E-state index in [2.05, 4.69) is 71.1 Å². The maximum absolute atomic E-state index is 12.3. The van der Waals surface area contributed by atoms with Crippen LogP contribution < -0.4 is 5.32 Å². The summed E-state index contributed by atoms with van der Waals surface area (Å²) in [6, 6.07) is 8.53. The summed E-state index contributed by atoms with van der Waals surface area (Å²) in [6.45, 7) is 12.8. The molecule has 0 atom stereocenters. The molecule has 0 aliphatic carbocycles. The van der Waals surface area contributed by atoms with Gasteiger partial charge in [-0.05, 0) is 43.2 Å². The number of amides is 1. The van der Waals surface area contributed by atoms with Crippen LogP contribution in [0.3, 0.4) is 0 Å². The van der Waals surface area contributed by atoms with Crippen molar-refractivity contribution in [2.75, 3.05) is 0 Å². The van der Waals surface area contributed by atoms with Crippen molar-refractivity contribution in [3.05, 3.63) is 35.4 Å². The molecular formula is C19H31NO. The molecule has 21 heavy (non-hydrogen) atoms. The second kappa shape index (κ2) is 7.11. The number of rotatable bonds is 7. The van der Waals surface area contributed by atoms with Crippen molar-refractivity contribution in [2.45, 2.75) is 72.8 Å². The zero-order chi connectivity index (χ0) is 16.1. The van der Waals surface area contributed by atoms with Crippen LogP contribution in [0.1, 0.15) is 71.9 Å². The van der Waals surface area contributed by atoms with Crippen molar-refractivity contribution in [3.8, 4) is 0 Å². The Labute approximate surface area is 130 Å². The smallest absolute Gasteiger partial charge is 0.221 e. The molecule has 2 nitrogen and oxygen atoms in total. The molecule has 0 aromatic heterocycles. The molecule has 0 spiro atoms. The monoisotopic (exact) mass is 289 g/mol. The first-order valence-electron chi connectivity index (χ1n) is 8.10.